The third kappa shape index (κ3) is 5.33. The summed E-state index contributed by atoms with van der Waals surface area (Å²) in [7, 11) is 0. The van der Waals surface area contributed by atoms with Gasteiger partial charge < -0.3 is 16.4 Å². The molecule has 0 aliphatic rings. The van der Waals surface area contributed by atoms with Crippen LogP contribution in [0.2, 0.25) is 5.02 Å². The van der Waals surface area contributed by atoms with E-state index in [1.807, 2.05) is 0 Å². The number of anilines is 2. The molecule has 0 fully saturated rings. The normalized spacial score (nSPS) is 11.3. The quantitative estimate of drug-likeness (QED) is 0.335. The number of nitrogens with two attached hydrogens (primary N) is 1. The van der Waals surface area contributed by atoms with Crippen LogP contribution < -0.4 is 16.4 Å². The van der Waals surface area contributed by atoms with Crippen LogP contribution in [0.25, 0.3) is 10.9 Å². The highest BCUT2D eigenvalue weighted by molar-refractivity contribution is 6.31. The van der Waals surface area contributed by atoms with E-state index < -0.39 is 28.6 Å². The molecule has 2 amide bonds. The van der Waals surface area contributed by atoms with Gasteiger partial charge in [0.05, 0.1) is 21.7 Å². The molecule has 0 aliphatic carbocycles. The van der Waals surface area contributed by atoms with Crippen LogP contribution in [0.3, 0.4) is 0 Å². The van der Waals surface area contributed by atoms with E-state index in [1.54, 1.807) is 36.4 Å². The maximum Gasteiger partial charge on any atom is 0.417 e. The molecular formula is C24H17ClF3N5O2. The molecule has 0 spiro atoms. The molecule has 3 aromatic carbocycles. The largest absolute Gasteiger partial charge is 0.417 e. The van der Waals surface area contributed by atoms with Crippen molar-refractivity contribution in [1.82, 2.24) is 9.97 Å². The highest BCUT2D eigenvalue weighted by atomic mass is 35.5. The number of aromatic nitrogens is 2. The SMILES string of the molecule is NC(=O)c1cc(NC(=O)c2ccccc2)cc2c(NCc3ccc(Cl)c(C(F)(F)F)c3)ncnc12. The summed E-state index contributed by atoms with van der Waals surface area (Å²) in [5.74, 6) is -0.952. The molecule has 1 heterocycles. The second kappa shape index (κ2) is 9.59. The number of carbonyl (C=O) groups is 2. The number of hydrogen-bond acceptors (Lipinski definition) is 5. The number of benzene rings is 3. The number of amides is 2. The number of halogens is 4. The zero-order valence-corrected chi connectivity index (χ0v) is 18.6. The van der Waals surface area contributed by atoms with Gasteiger partial charge in [-0.3, -0.25) is 9.59 Å². The topological polar surface area (TPSA) is 110 Å². The van der Waals surface area contributed by atoms with Gasteiger partial charge in [-0.2, -0.15) is 13.2 Å². The second-order valence-electron chi connectivity index (χ2n) is 7.49. The first-order chi connectivity index (χ1) is 16.6. The number of hydrogen-bond donors (Lipinski definition) is 3. The van der Waals surface area contributed by atoms with E-state index in [0.717, 1.165) is 6.07 Å². The van der Waals surface area contributed by atoms with Crippen molar-refractivity contribution in [3.8, 4) is 0 Å². The van der Waals surface area contributed by atoms with Crippen molar-refractivity contribution in [3.05, 3.63) is 94.3 Å². The summed E-state index contributed by atoms with van der Waals surface area (Å²) in [6.45, 7) is -0.0289. The molecule has 1 aromatic heterocycles. The summed E-state index contributed by atoms with van der Waals surface area (Å²) in [5, 5.41) is 5.60. The van der Waals surface area contributed by atoms with Crippen molar-refractivity contribution in [2.75, 3.05) is 10.6 Å². The number of rotatable bonds is 6. The Balaban J connectivity index is 1.68. The smallest absolute Gasteiger partial charge is 0.366 e. The van der Waals surface area contributed by atoms with E-state index in [9.17, 15) is 22.8 Å². The lowest BCUT2D eigenvalue weighted by atomic mass is 10.1. The fourth-order valence-electron chi connectivity index (χ4n) is 3.45. The van der Waals surface area contributed by atoms with Gasteiger partial charge in [-0.1, -0.05) is 35.9 Å². The Hall–Kier alpha value is -4.18. The first kappa shape index (κ1) is 24.0. The molecule has 178 valence electrons. The van der Waals surface area contributed by atoms with Gasteiger partial charge in [0.2, 0.25) is 0 Å². The van der Waals surface area contributed by atoms with E-state index in [-0.39, 0.29) is 29.1 Å². The van der Waals surface area contributed by atoms with Gasteiger partial charge in [0, 0.05) is 23.2 Å². The van der Waals surface area contributed by atoms with Crippen molar-refractivity contribution < 1.29 is 22.8 Å². The van der Waals surface area contributed by atoms with Crippen LogP contribution >= 0.6 is 11.6 Å². The molecule has 35 heavy (non-hydrogen) atoms. The van der Waals surface area contributed by atoms with E-state index in [2.05, 4.69) is 20.6 Å². The molecule has 0 unspecified atom stereocenters. The molecule has 0 saturated carbocycles. The van der Waals surface area contributed by atoms with E-state index >= 15 is 0 Å². The van der Waals surface area contributed by atoms with Crippen molar-refractivity contribution in [1.29, 1.82) is 0 Å². The number of carbonyl (C=O) groups excluding carboxylic acids is 2. The fraction of sp³-hybridized carbons (Fsp3) is 0.0833. The van der Waals surface area contributed by atoms with Gasteiger partial charge in [0.15, 0.2) is 0 Å². The summed E-state index contributed by atoms with van der Waals surface area (Å²) in [5.41, 5.74) is 5.81. The van der Waals surface area contributed by atoms with Crippen LogP contribution in [0.4, 0.5) is 24.7 Å². The molecule has 0 aliphatic heterocycles. The third-order valence-corrected chi connectivity index (χ3v) is 5.42. The van der Waals surface area contributed by atoms with Crippen LogP contribution in [0.15, 0.2) is 67.0 Å². The Morgan fingerprint density at radius 3 is 2.43 bits per heavy atom. The summed E-state index contributed by atoms with van der Waals surface area (Å²) < 4.78 is 39.6. The minimum Gasteiger partial charge on any atom is -0.366 e. The zero-order valence-electron chi connectivity index (χ0n) is 17.9. The monoisotopic (exact) mass is 499 g/mol. The Labute approximate surface area is 202 Å². The fourth-order valence-corrected chi connectivity index (χ4v) is 3.67. The number of nitrogens with one attached hydrogen (secondary N) is 2. The van der Waals surface area contributed by atoms with Gasteiger partial charge in [-0.05, 0) is 42.0 Å². The molecule has 0 radical (unpaired) electrons. The number of primary amides is 1. The molecule has 4 rings (SSSR count). The van der Waals surface area contributed by atoms with Crippen LogP contribution in [0.1, 0.15) is 31.8 Å². The van der Waals surface area contributed by atoms with Crippen molar-refractivity contribution in [3.63, 3.8) is 0 Å². The lowest BCUT2D eigenvalue weighted by Crippen LogP contribution is -2.16. The lowest BCUT2D eigenvalue weighted by molar-refractivity contribution is -0.137. The van der Waals surface area contributed by atoms with Crippen molar-refractivity contribution in [2.24, 2.45) is 5.73 Å². The molecule has 0 atom stereocenters. The molecule has 4 N–H and O–H groups in total. The molecule has 11 heteroatoms. The van der Waals surface area contributed by atoms with Crippen LogP contribution in [-0.2, 0) is 12.7 Å². The number of fused-ring (bicyclic) bond motifs is 1. The maximum absolute atomic E-state index is 13.2. The average Bonchev–Trinajstić information content (AvgIpc) is 2.82. The van der Waals surface area contributed by atoms with Gasteiger partial charge in [0.1, 0.15) is 12.1 Å². The third-order valence-electron chi connectivity index (χ3n) is 5.09. The van der Waals surface area contributed by atoms with E-state index in [4.69, 9.17) is 17.3 Å². The van der Waals surface area contributed by atoms with Crippen LogP contribution in [0.5, 0.6) is 0 Å². The van der Waals surface area contributed by atoms with Crippen molar-refractivity contribution >= 4 is 45.8 Å². The minimum absolute atomic E-state index is 0.0289. The predicted molar refractivity (Wildman–Crippen MR) is 126 cm³/mol. The van der Waals surface area contributed by atoms with Gasteiger partial charge in [-0.15, -0.1) is 0 Å². The number of nitrogens with zero attached hydrogens (tertiary/aromatic N) is 2. The minimum atomic E-state index is -4.60. The van der Waals surface area contributed by atoms with Crippen LogP contribution in [0, 0.1) is 0 Å². The highest BCUT2D eigenvalue weighted by Crippen LogP contribution is 2.35. The lowest BCUT2D eigenvalue weighted by Gasteiger charge is -2.14. The molecule has 0 saturated heterocycles. The standard InChI is InChI=1S/C24H17ClF3N5O2/c25-19-7-6-13(8-18(19)24(26,27)28)11-30-22-17-10-15(33-23(35)14-4-2-1-3-5-14)9-16(21(29)34)20(17)31-12-32-22/h1-10,12H,11H2,(H2,29,34)(H,33,35)(H,30,31,32). The zero-order chi connectivity index (χ0) is 25.2. The summed E-state index contributed by atoms with van der Waals surface area (Å²) in [4.78, 5) is 33.0. The Morgan fingerprint density at radius 1 is 1.00 bits per heavy atom. The molecule has 7 nitrogen and oxygen atoms in total. The first-order valence-corrected chi connectivity index (χ1v) is 10.6. The number of alkyl halides is 3. The maximum atomic E-state index is 13.2. The first-order valence-electron chi connectivity index (χ1n) is 10.2. The summed E-state index contributed by atoms with van der Waals surface area (Å²) in [6, 6.07) is 15.0. The summed E-state index contributed by atoms with van der Waals surface area (Å²) in [6.07, 6.45) is -3.40. The average molecular weight is 500 g/mol. The van der Waals surface area contributed by atoms with Gasteiger partial charge in [-0.25, -0.2) is 9.97 Å². The van der Waals surface area contributed by atoms with Crippen LogP contribution in [-0.4, -0.2) is 21.8 Å². The molecule has 0 bridgehead atoms. The highest BCUT2D eigenvalue weighted by Gasteiger charge is 2.33. The second-order valence-corrected chi connectivity index (χ2v) is 7.90. The van der Waals surface area contributed by atoms with E-state index in [0.29, 0.717) is 16.5 Å². The van der Waals surface area contributed by atoms with Crippen molar-refractivity contribution in [2.45, 2.75) is 12.7 Å². The van der Waals surface area contributed by atoms with Gasteiger partial charge in [0.25, 0.3) is 11.8 Å². The Bertz CT molecular complexity index is 1430. The van der Waals surface area contributed by atoms with E-state index in [1.165, 1.54) is 24.5 Å². The molecule has 4 aromatic rings. The molecular weight excluding hydrogens is 483 g/mol. The Kier molecular flexibility index (Phi) is 6.57. The Morgan fingerprint density at radius 2 is 1.74 bits per heavy atom. The summed E-state index contributed by atoms with van der Waals surface area (Å²) >= 11 is 5.69. The predicted octanol–water partition coefficient (Wildman–Crippen LogP) is 5.27. The van der Waals surface area contributed by atoms with Gasteiger partial charge >= 0.3 is 6.18 Å².